The fourth-order valence-electron chi connectivity index (χ4n) is 1.96. The van der Waals surface area contributed by atoms with Gasteiger partial charge in [0.15, 0.2) is 0 Å². The Balaban J connectivity index is 1.80. The van der Waals surface area contributed by atoms with Crippen molar-refractivity contribution in [1.82, 2.24) is 0 Å². The molecule has 0 N–H and O–H groups in total. The van der Waals surface area contributed by atoms with Gasteiger partial charge in [0.1, 0.15) is 0 Å². The lowest BCUT2D eigenvalue weighted by Gasteiger charge is -2.08. The van der Waals surface area contributed by atoms with Crippen LogP contribution in [0.25, 0.3) is 0 Å². The fraction of sp³-hybridized carbons (Fsp3) is 0.235. The summed E-state index contributed by atoms with van der Waals surface area (Å²) in [7, 11) is 0. The van der Waals surface area contributed by atoms with Crippen molar-refractivity contribution in [2.24, 2.45) is 0 Å². The molecule has 0 radical (unpaired) electrons. The first-order valence-corrected chi connectivity index (χ1v) is 6.85. The molecule has 2 nitrogen and oxygen atoms in total. The average molecular weight is 308 g/mol. The summed E-state index contributed by atoms with van der Waals surface area (Å²) >= 11 is 0. The topological polar surface area (TPSA) is 26.3 Å². The van der Waals surface area contributed by atoms with Crippen LogP contribution in [0, 0.1) is 0 Å². The second kappa shape index (κ2) is 7.11. The number of rotatable bonds is 5. The first kappa shape index (κ1) is 16.1. The van der Waals surface area contributed by atoms with Gasteiger partial charge in [-0.1, -0.05) is 30.3 Å². The van der Waals surface area contributed by atoms with Gasteiger partial charge in [0.25, 0.3) is 0 Å². The largest absolute Gasteiger partial charge is 0.462 e. The molecule has 0 heterocycles. The highest BCUT2D eigenvalue weighted by Crippen LogP contribution is 2.29. The minimum atomic E-state index is -4.40. The van der Waals surface area contributed by atoms with Gasteiger partial charge in [-0.2, -0.15) is 13.2 Å². The summed E-state index contributed by atoms with van der Waals surface area (Å²) in [6.07, 6.45) is -2.96. The summed E-state index contributed by atoms with van der Waals surface area (Å²) in [4.78, 5) is 11.7. The summed E-state index contributed by atoms with van der Waals surface area (Å²) in [5.41, 5.74) is 0.480. The molecule has 2 aromatic rings. The summed E-state index contributed by atoms with van der Waals surface area (Å²) in [5, 5.41) is 0. The number of ether oxygens (including phenoxy) is 1. The molecule has 22 heavy (non-hydrogen) atoms. The van der Waals surface area contributed by atoms with E-state index in [0.717, 1.165) is 36.2 Å². The van der Waals surface area contributed by atoms with Crippen molar-refractivity contribution >= 4 is 5.97 Å². The molecule has 0 aliphatic carbocycles. The number of carbonyl (C=O) groups excluding carboxylic acids is 1. The molecule has 0 saturated heterocycles. The molecule has 0 saturated carbocycles. The molecule has 5 heteroatoms. The van der Waals surface area contributed by atoms with E-state index in [0.29, 0.717) is 6.42 Å². The number of halogens is 3. The van der Waals surface area contributed by atoms with E-state index < -0.39 is 17.7 Å². The Morgan fingerprint density at radius 3 is 2.18 bits per heavy atom. The van der Waals surface area contributed by atoms with E-state index in [9.17, 15) is 18.0 Å². The highest BCUT2D eigenvalue weighted by Gasteiger charge is 2.30. The Bertz CT molecular complexity index is 604. The molecule has 0 unspecified atom stereocenters. The number of hydrogen-bond acceptors (Lipinski definition) is 2. The van der Waals surface area contributed by atoms with Crippen molar-refractivity contribution in [2.45, 2.75) is 19.0 Å². The summed E-state index contributed by atoms with van der Waals surface area (Å²) < 4.78 is 42.3. The molecule has 0 aliphatic heterocycles. The normalized spacial score (nSPS) is 11.2. The van der Waals surface area contributed by atoms with E-state index in [4.69, 9.17) is 4.74 Å². The summed E-state index contributed by atoms with van der Waals surface area (Å²) in [5.74, 6) is -0.609. The number of benzene rings is 2. The van der Waals surface area contributed by atoms with E-state index in [1.54, 1.807) is 0 Å². The van der Waals surface area contributed by atoms with E-state index in [2.05, 4.69) is 0 Å². The third-order valence-electron chi connectivity index (χ3n) is 3.13. The van der Waals surface area contributed by atoms with Gasteiger partial charge in [0.2, 0.25) is 0 Å². The lowest BCUT2D eigenvalue weighted by Crippen LogP contribution is -2.09. The molecule has 0 bridgehead atoms. The van der Waals surface area contributed by atoms with Crippen LogP contribution in [0.4, 0.5) is 13.2 Å². The first-order valence-electron chi connectivity index (χ1n) is 6.85. The predicted molar refractivity (Wildman–Crippen MR) is 76.5 cm³/mol. The average Bonchev–Trinajstić information content (AvgIpc) is 2.52. The third kappa shape index (κ3) is 4.62. The number of alkyl halides is 3. The van der Waals surface area contributed by atoms with Gasteiger partial charge < -0.3 is 4.74 Å². The monoisotopic (exact) mass is 308 g/mol. The number of aryl methyl sites for hydroxylation is 1. The van der Waals surface area contributed by atoms with Crippen LogP contribution < -0.4 is 0 Å². The van der Waals surface area contributed by atoms with E-state index in [1.807, 2.05) is 30.3 Å². The zero-order chi connectivity index (χ0) is 16.0. The lowest BCUT2D eigenvalue weighted by molar-refractivity contribution is -0.137. The molecule has 0 fully saturated rings. The number of carbonyl (C=O) groups is 1. The second-order valence-electron chi connectivity index (χ2n) is 4.80. The van der Waals surface area contributed by atoms with Gasteiger partial charge >= 0.3 is 12.1 Å². The van der Waals surface area contributed by atoms with Gasteiger partial charge in [-0.25, -0.2) is 4.79 Å². The zero-order valence-corrected chi connectivity index (χ0v) is 11.8. The Kier molecular flexibility index (Phi) is 5.20. The van der Waals surface area contributed by atoms with Crippen molar-refractivity contribution in [3.8, 4) is 0 Å². The van der Waals surface area contributed by atoms with Crippen molar-refractivity contribution in [3.05, 3.63) is 71.3 Å². The van der Waals surface area contributed by atoms with Crippen LogP contribution >= 0.6 is 0 Å². The third-order valence-corrected chi connectivity index (χ3v) is 3.13. The van der Waals surface area contributed by atoms with E-state index in [1.165, 1.54) is 0 Å². The Labute approximate surface area is 126 Å². The highest BCUT2D eigenvalue weighted by molar-refractivity contribution is 5.89. The fourth-order valence-corrected chi connectivity index (χ4v) is 1.96. The van der Waals surface area contributed by atoms with Gasteiger partial charge in [0.05, 0.1) is 17.7 Å². The van der Waals surface area contributed by atoms with Crippen LogP contribution in [0.2, 0.25) is 0 Å². The van der Waals surface area contributed by atoms with Crippen LogP contribution in [-0.4, -0.2) is 12.6 Å². The van der Waals surface area contributed by atoms with Crippen LogP contribution in [0.1, 0.15) is 27.9 Å². The van der Waals surface area contributed by atoms with E-state index >= 15 is 0 Å². The SMILES string of the molecule is O=C(OCCCc1ccccc1)c1ccc(C(F)(F)F)cc1. The molecule has 2 aromatic carbocycles. The minimum absolute atomic E-state index is 0.118. The predicted octanol–water partition coefficient (Wildman–Crippen LogP) is 4.50. The minimum Gasteiger partial charge on any atom is -0.462 e. The zero-order valence-electron chi connectivity index (χ0n) is 11.8. The molecule has 0 spiro atoms. The quantitative estimate of drug-likeness (QED) is 0.600. The van der Waals surface area contributed by atoms with Crippen molar-refractivity contribution in [2.75, 3.05) is 6.61 Å². The Morgan fingerprint density at radius 2 is 1.59 bits per heavy atom. The second-order valence-corrected chi connectivity index (χ2v) is 4.80. The van der Waals surface area contributed by atoms with E-state index in [-0.39, 0.29) is 12.2 Å². The molecule has 0 aliphatic rings. The molecule has 116 valence electrons. The standard InChI is InChI=1S/C17H15F3O2/c18-17(19,20)15-10-8-14(9-11-15)16(21)22-12-4-7-13-5-2-1-3-6-13/h1-3,5-6,8-11H,4,7,12H2. The van der Waals surface area contributed by atoms with Crippen molar-refractivity contribution in [1.29, 1.82) is 0 Å². The maximum absolute atomic E-state index is 12.4. The summed E-state index contributed by atoms with van der Waals surface area (Å²) in [6.45, 7) is 0.231. The number of esters is 1. The van der Waals surface area contributed by atoms with Crippen LogP contribution in [0.5, 0.6) is 0 Å². The maximum atomic E-state index is 12.4. The van der Waals surface area contributed by atoms with Gasteiger partial charge in [-0.3, -0.25) is 0 Å². The van der Waals surface area contributed by atoms with Crippen LogP contribution in [0.15, 0.2) is 54.6 Å². The maximum Gasteiger partial charge on any atom is 0.416 e. The van der Waals surface area contributed by atoms with Crippen molar-refractivity contribution < 1.29 is 22.7 Å². The molecule has 2 rings (SSSR count). The molecular formula is C17H15F3O2. The van der Waals surface area contributed by atoms with Crippen LogP contribution in [0.3, 0.4) is 0 Å². The molecule has 0 atom stereocenters. The Morgan fingerprint density at radius 1 is 0.955 bits per heavy atom. The smallest absolute Gasteiger partial charge is 0.416 e. The van der Waals surface area contributed by atoms with Gasteiger partial charge in [-0.05, 0) is 42.7 Å². The molecule has 0 amide bonds. The Hall–Kier alpha value is -2.30. The van der Waals surface area contributed by atoms with Gasteiger partial charge in [0, 0.05) is 0 Å². The van der Waals surface area contributed by atoms with Crippen molar-refractivity contribution in [3.63, 3.8) is 0 Å². The van der Waals surface area contributed by atoms with Gasteiger partial charge in [-0.15, -0.1) is 0 Å². The number of hydrogen-bond donors (Lipinski definition) is 0. The van der Waals surface area contributed by atoms with Crippen LogP contribution in [-0.2, 0) is 17.3 Å². The molecule has 0 aromatic heterocycles. The lowest BCUT2D eigenvalue weighted by atomic mass is 10.1. The molecular weight excluding hydrogens is 293 g/mol. The highest BCUT2D eigenvalue weighted by atomic mass is 19.4. The summed E-state index contributed by atoms with van der Waals surface area (Å²) in [6, 6.07) is 13.8. The first-order chi connectivity index (χ1) is 10.5.